The van der Waals surface area contributed by atoms with E-state index in [1.54, 1.807) is 18.2 Å². The molecule has 1 heterocycles. The average molecular weight is 380 g/mol. The molecule has 0 atom stereocenters. The molecule has 2 aromatic rings. The maximum absolute atomic E-state index is 12.7. The first kappa shape index (κ1) is 19.9. The van der Waals surface area contributed by atoms with E-state index in [1.165, 1.54) is 0 Å². The summed E-state index contributed by atoms with van der Waals surface area (Å²) >= 11 is 0. The topological polar surface area (TPSA) is 102 Å². The number of aryl methyl sites for hydroxylation is 2. The van der Waals surface area contributed by atoms with Crippen LogP contribution in [0.5, 0.6) is 5.75 Å². The van der Waals surface area contributed by atoms with Crippen molar-refractivity contribution in [3.05, 3.63) is 63.7 Å². The molecule has 1 fully saturated rings. The number of carbonyl (C=O) groups excluding carboxylic acids is 1. The minimum atomic E-state index is -0.0222. The number of hydrogen-bond acceptors (Lipinski definition) is 4. The number of benzene rings is 2. The van der Waals surface area contributed by atoms with E-state index in [-0.39, 0.29) is 17.5 Å². The predicted octanol–water partition coefficient (Wildman–Crippen LogP) is 2.82. The number of phenols is 1. The number of aromatic hydroxyl groups is 1. The summed E-state index contributed by atoms with van der Waals surface area (Å²) in [5.41, 5.74) is 10.8. The number of likely N-dealkylation sites (tertiary alicyclic amines) is 1. The fraction of sp³-hybridized carbons (Fsp3) is 0.364. The minimum Gasteiger partial charge on any atom is -0.508 e. The third kappa shape index (κ3) is 4.34. The summed E-state index contributed by atoms with van der Waals surface area (Å²) in [5.74, 6) is 0.284. The van der Waals surface area contributed by atoms with Crippen LogP contribution in [0, 0.1) is 19.3 Å². The standard InChI is InChI=1S/C22H28N4O2/c1-14-10-19(22(28)26-7-3-4-8-26)15(2)9-17(14)12-25-13-18-11-16(21(23)24)5-6-20(18)27/h5-6,9-11,25,27H,3-4,7-8,12-13H2,1-2H3,(H3,23,24). The summed E-state index contributed by atoms with van der Waals surface area (Å²) in [4.78, 5) is 14.6. The summed E-state index contributed by atoms with van der Waals surface area (Å²) in [6.45, 7) is 6.78. The maximum atomic E-state index is 12.7. The van der Waals surface area contributed by atoms with Gasteiger partial charge in [-0.25, -0.2) is 0 Å². The van der Waals surface area contributed by atoms with Crippen LogP contribution in [0.25, 0.3) is 0 Å². The monoisotopic (exact) mass is 380 g/mol. The molecular formula is C22H28N4O2. The van der Waals surface area contributed by atoms with Gasteiger partial charge in [-0.1, -0.05) is 6.07 Å². The second kappa shape index (κ2) is 8.44. The summed E-state index contributed by atoms with van der Waals surface area (Å²) < 4.78 is 0. The van der Waals surface area contributed by atoms with Gasteiger partial charge in [-0.15, -0.1) is 0 Å². The number of hydrogen-bond donors (Lipinski definition) is 4. The van der Waals surface area contributed by atoms with E-state index in [4.69, 9.17) is 11.1 Å². The highest BCUT2D eigenvalue weighted by atomic mass is 16.3. The van der Waals surface area contributed by atoms with Gasteiger partial charge < -0.3 is 21.1 Å². The van der Waals surface area contributed by atoms with Crippen molar-refractivity contribution in [1.29, 1.82) is 5.41 Å². The number of rotatable bonds is 6. The molecule has 0 aromatic heterocycles. The van der Waals surface area contributed by atoms with Gasteiger partial charge in [-0.3, -0.25) is 10.2 Å². The van der Waals surface area contributed by atoms with Gasteiger partial charge in [0.2, 0.25) is 0 Å². The van der Waals surface area contributed by atoms with Gasteiger partial charge in [0.25, 0.3) is 5.91 Å². The highest BCUT2D eigenvalue weighted by Gasteiger charge is 2.21. The largest absolute Gasteiger partial charge is 0.508 e. The zero-order chi connectivity index (χ0) is 20.3. The minimum absolute atomic E-state index is 0.0222. The molecule has 5 N–H and O–H groups in total. The van der Waals surface area contributed by atoms with E-state index in [0.29, 0.717) is 24.2 Å². The fourth-order valence-corrected chi connectivity index (χ4v) is 3.61. The molecular weight excluding hydrogens is 352 g/mol. The zero-order valence-corrected chi connectivity index (χ0v) is 16.5. The van der Waals surface area contributed by atoms with Gasteiger partial charge in [0.05, 0.1) is 0 Å². The van der Waals surface area contributed by atoms with E-state index < -0.39 is 0 Å². The summed E-state index contributed by atoms with van der Waals surface area (Å²) in [7, 11) is 0. The van der Waals surface area contributed by atoms with E-state index in [1.807, 2.05) is 24.8 Å². The lowest BCUT2D eigenvalue weighted by molar-refractivity contribution is 0.0792. The quantitative estimate of drug-likeness (QED) is 0.457. The molecule has 1 amide bonds. The SMILES string of the molecule is Cc1cc(C(=O)N2CCCC2)c(C)cc1CNCc1cc(C(=N)N)ccc1O. The van der Waals surface area contributed by atoms with Crippen LogP contribution in [0.2, 0.25) is 0 Å². The Morgan fingerprint density at radius 2 is 1.79 bits per heavy atom. The molecule has 1 saturated heterocycles. The Morgan fingerprint density at radius 1 is 1.11 bits per heavy atom. The van der Waals surface area contributed by atoms with Crippen molar-refractivity contribution in [3.8, 4) is 5.75 Å². The lowest BCUT2D eigenvalue weighted by Gasteiger charge is -2.18. The molecule has 6 heteroatoms. The van der Waals surface area contributed by atoms with Crippen LogP contribution in [0.4, 0.5) is 0 Å². The van der Waals surface area contributed by atoms with E-state index >= 15 is 0 Å². The van der Waals surface area contributed by atoms with Crippen molar-refractivity contribution in [2.24, 2.45) is 5.73 Å². The Bertz CT molecular complexity index is 902. The Labute approximate surface area is 165 Å². The number of amidine groups is 1. The van der Waals surface area contributed by atoms with Gasteiger partial charge in [0, 0.05) is 42.9 Å². The molecule has 0 aliphatic carbocycles. The van der Waals surface area contributed by atoms with Gasteiger partial charge in [-0.05, 0) is 67.6 Å². The van der Waals surface area contributed by atoms with Crippen LogP contribution >= 0.6 is 0 Å². The lowest BCUT2D eigenvalue weighted by Crippen LogP contribution is -2.28. The Hall–Kier alpha value is -2.86. The van der Waals surface area contributed by atoms with E-state index in [2.05, 4.69) is 11.4 Å². The Kier molecular flexibility index (Phi) is 5.99. The van der Waals surface area contributed by atoms with E-state index in [9.17, 15) is 9.90 Å². The smallest absolute Gasteiger partial charge is 0.254 e. The Balaban J connectivity index is 1.68. The van der Waals surface area contributed by atoms with Crippen LogP contribution in [-0.4, -0.2) is 34.8 Å². The normalized spacial score (nSPS) is 13.7. The predicted molar refractivity (Wildman–Crippen MR) is 111 cm³/mol. The number of nitrogens with one attached hydrogen (secondary N) is 2. The molecule has 28 heavy (non-hydrogen) atoms. The highest BCUT2D eigenvalue weighted by Crippen LogP contribution is 2.21. The zero-order valence-electron chi connectivity index (χ0n) is 16.5. The van der Waals surface area contributed by atoms with Crippen LogP contribution < -0.4 is 11.1 Å². The molecule has 0 spiro atoms. The average Bonchev–Trinajstić information content (AvgIpc) is 3.19. The molecule has 6 nitrogen and oxygen atoms in total. The van der Waals surface area contributed by atoms with Crippen LogP contribution in [0.15, 0.2) is 30.3 Å². The molecule has 2 aromatic carbocycles. The summed E-state index contributed by atoms with van der Waals surface area (Å²) in [6, 6.07) is 8.96. The third-order valence-electron chi connectivity index (χ3n) is 5.33. The van der Waals surface area contributed by atoms with Gasteiger partial charge in [0.15, 0.2) is 0 Å². The second-order valence-corrected chi connectivity index (χ2v) is 7.45. The highest BCUT2D eigenvalue weighted by molar-refractivity contribution is 5.96. The molecule has 3 rings (SSSR count). The number of carbonyl (C=O) groups is 1. The maximum Gasteiger partial charge on any atom is 0.254 e. The van der Waals surface area contributed by atoms with Crippen LogP contribution in [0.1, 0.15) is 51.0 Å². The van der Waals surface area contributed by atoms with Crippen LogP contribution in [-0.2, 0) is 13.1 Å². The second-order valence-electron chi connectivity index (χ2n) is 7.45. The molecule has 0 bridgehead atoms. The summed E-state index contributed by atoms with van der Waals surface area (Å²) in [6.07, 6.45) is 2.17. The van der Waals surface area contributed by atoms with Crippen molar-refractivity contribution in [2.75, 3.05) is 13.1 Å². The molecule has 148 valence electrons. The first-order chi connectivity index (χ1) is 13.4. The number of nitrogen functional groups attached to an aromatic ring is 1. The number of nitrogens with zero attached hydrogens (tertiary/aromatic N) is 1. The Morgan fingerprint density at radius 3 is 2.46 bits per heavy atom. The lowest BCUT2D eigenvalue weighted by atomic mass is 9.99. The molecule has 1 aliphatic rings. The van der Waals surface area contributed by atoms with E-state index in [0.717, 1.165) is 48.2 Å². The van der Waals surface area contributed by atoms with Gasteiger partial charge in [0.1, 0.15) is 11.6 Å². The van der Waals surface area contributed by atoms with Crippen molar-refractivity contribution in [1.82, 2.24) is 10.2 Å². The third-order valence-corrected chi connectivity index (χ3v) is 5.33. The first-order valence-electron chi connectivity index (χ1n) is 9.63. The van der Waals surface area contributed by atoms with Crippen molar-refractivity contribution in [3.63, 3.8) is 0 Å². The number of amides is 1. The van der Waals surface area contributed by atoms with Crippen LogP contribution in [0.3, 0.4) is 0 Å². The number of nitrogens with two attached hydrogens (primary N) is 1. The molecule has 1 aliphatic heterocycles. The summed E-state index contributed by atoms with van der Waals surface area (Å²) in [5, 5.41) is 20.9. The van der Waals surface area contributed by atoms with Gasteiger partial charge in [-0.2, -0.15) is 0 Å². The molecule has 0 unspecified atom stereocenters. The molecule has 0 radical (unpaired) electrons. The first-order valence-corrected chi connectivity index (χ1v) is 9.63. The van der Waals surface area contributed by atoms with Gasteiger partial charge >= 0.3 is 0 Å². The number of phenolic OH excluding ortho intramolecular Hbond substituents is 1. The van der Waals surface area contributed by atoms with Crippen molar-refractivity contribution >= 4 is 11.7 Å². The fourth-order valence-electron chi connectivity index (χ4n) is 3.61. The molecule has 0 saturated carbocycles. The van der Waals surface area contributed by atoms with Crippen molar-refractivity contribution < 1.29 is 9.90 Å². The van der Waals surface area contributed by atoms with Crippen molar-refractivity contribution in [2.45, 2.75) is 39.8 Å².